The van der Waals surface area contributed by atoms with E-state index in [1.165, 1.54) is 16.5 Å². The van der Waals surface area contributed by atoms with Gasteiger partial charge in [-0.3, -0.25) is 5.10 Å². The molecule has 0 fully saturated rings. The number of hydrogen-bond donors (Lipinski definition) is 1. The van der Waals surface area contributed by atoms with Crippen LogP contribution in [0.5, 0.6) is 0 Å². The van der Waals surface area contributed by atoms with Gasteiger partial charge in [0.1, 0.15) is 0 Å². The number of aromatic amines is 1. The van der Waals surface area contributed by atoms with Gasteiger partial charge in [0.15, 0.2) is 0 Å². The van der Waals surface area contributed by atoms with E-state index in [0.29, 0.717) is 5.92 Å². The molecule has 1 aromatic heterocycles. The molecule has 0 radical (unpaired) electrons. The first-order valence-electron chi connectivity index (χ1n) is 7.72. The van der Waals surface area contributed by atoms with E-state index in [-0.39, 0.29) is 0 Å². The fourth-order valence-electron chi connectivity index (χ4n) is 3.08. The van der Waals surface area contributed by atoms with Crippen molar-refractivity contribution in [3.8, 4) is 11.3 Å². The van der Waals surface area contributed by atoms with Crippen molar-refractivity contribution in [2.45, 2.75) is 13.3 Å². The minimum Gasteiger partial charge on any atom is -0.277 e. The first-order chi connectivity index (χ1) is 10.8. The second-order valence-electron chi connectivity index (χ2n) is 5.95. The van der Waals surface area contributed by atoms with Gasteiger partial charge in [0, 0.05) is 10.9 Å². The van der Waals surface area contributed by atoms with Gasteiger partial charge in [-0.1, -0.05) is 67.6 Å². The number of para-hydroxylation sites is 1. The average Bonchev–Trinajstić information content (AvgIpc) is 2.99. The van der Waals surface area contributed by atoms with Gasteiger partial charge in [0.05, 0.1) is 11.2 Å². The first kappa shape index (κ1) is 13.1. The van der Waals surface area contributed by atoms with Crippen molar-refractivity contribution in [1.29, 1.82) is 0 Å². The van der Waals surface area contributed by atoms with Crippen LogP contribution >= 0.6 is 0 Å². The monoisotopic (exact) mass is 286 g/mol. The summed E-state index contributed by atoms with van der Waals surface area (Å²) in [5.74, 6) is 0.620. The molecule has 1 aliphatic carbocycles. The van der Waals surface area contributed by atoms with E-state index in [9.17, 15) is 0 Å². The molecule has 1 atom stereocenters. The predicted octanol–water partition coefficient (Wildman–Crippen LogP) is 5.21. The van der Waals surface area contributed by atoms with Crippen molar-refractivity contribution in [1.82, 2.24) is 10.2 Å². The van der Waals surface area contributed by atoms with Crippen LogP contribution in [-0.4, -0.2) is 10.2 Å². The van der Waals surface area contributed by atoms with Crippen LogP contribution < -0.4 is 0 Å². The molecule has 0 saturated heterocycles. The lowest BCUT2D eigenvalue weighted by atomic mass is 9.90. The zero-order chi connectivity index (χ0) is 14.9. The van der Waals surface area contributed by atoms with Crippen molar-refractivity contribution >= 4 is 16.5 Å². The molecule has 0 aliphatic heterocycles. The Balaban J connectivity index is 1.70. The molecule has 0 bridgehead atoms. The first-order valence-corrected chi connectivity index (χ1v) is 7.72. The summed E-state index contributed by atoms with van der Waals surface area (Å²) in [6.45, 7) is 2.26. The molecule has 3 aromatic rings. The fraction of sp³-hybridized carbons (Fsp3) is 0.150. The molecule has 1 N–H and O–H groups in total. The summed E-state index contributed by atoms with van der Waals surface area (Å²) in [6, 6.07) is 17.0. The number of hydrogen-bond acceptors (Lipinski definition) is 1. The Labute approximate surface area is 130 Å². The van der Waals surface area contributed by atoms with Crippen molar-refractivity contribution in [2.24, 2.45) is 5.92 Å². The highest BCUT2D eigenvalue weighted by atomic mass is 15.1. The van der Waals surface area contributed by atoms with E-state index in [1.807, 2.05) is 6.07 Å². The van der Waals surface area contributed by atoms with Gasteiger partial charge < -0.3 is 0 Å². The molecule has 0 saturated carbocycles. The van der Waals surface area contributed by atoms with Crippen LogP contribution in [0.4, 0.5) is 0 Å². The van der Waals surface area contributed by atoms with E-state index >= 15 is 0 Å². The third kappa shape index (κ3) is 2.27. The van der Waals surface area contributed by atoms with E-state index in [4.69, 9.17) is 0 Å². The normalized spacial score (nSPS) is 17.7. The van der Waals surface area contributed by atoms with Gasteiger partial charge in [0.25, 0.3) is 0 Å². The molecule has 0 amide bonds. The maximum atomic E-state index is 4.47. The number of benzene rings is 2. The van der Waals surface area contributed by atoms with E-state index in [0.717, 1.165) is 23.2 Å². The second kappa shape index (κ2) is 5.30. The highest BCUT2D eigenvalue weighted by molar-refractivity contribution is 5.92. The molecule has 108 valence electrons. The van der Waals surface area contributed by atoms with E-state index in [1.54, 1.807) is 0 Å². The third-order valence-electron chi connectivity index (χ3n) is 4.28. The highest BCUT2D eigenvalue weighted by Gasteiger charge is 2.11. The molecular weight excluding hydrogens is 268 g/mol. The lowest BCUT2D eigenvalue weighted by Gasteiger charge is -2.15. The molecule has 2 aromatic carbocycles. The molecule has 4 rings (SSSR count). The minimum atomic E-state index is 0.620. The van der Waals surface area contributed by atoms with Crippen LogP contribution in [0.1, 0.15) is 18.9 Å². The molecular formula is C20H18N2. The van der Waals surface area contributed by atoms with Crippen LogP contribution in [0.2, 0.25) is 0 Å². The van der Waals surface area contributed by atoms with Crippen LogP contribution in [0.3, 0.4) is 0 Å². The van der Waals surface area contributed by atoms with Gasteiger partial charge in [-0.15, -0.1) is 0 Å². The molecule has 1 unspecified atom stereocenters. The Morgan fingerprint density at radius 2 is 1.77 bits per heavy atom. The molecule has 0 spiro atoms. The van der Waals surface area contributed by atoms with E-state index in [2.05, 4.69) is 77.8 Å². The van der Waals surface area contributed by atoms with Crippen LogP contribution in [0.25, 0.3) is 27.7 Å². The quantitative estimate of drug-likeness (QED) is 0.688. The number of aromatic nitrogens is 2. The zero-order valence-electron chi connectivity index (χ0n) is 12.6. The Bertz CT molecular complexity index is 866. The maximum Gasteiger partial charge on any atom is 0.0999 e. The smallest absolute Gasteiger partial charge is 0.0999 e. The fourth-order valence-corrected chi connectivity index (χ4v) is 3.08. The number of rotatable bonds is 2. The van der Waals surface area contributed by atoms with Crippen molar-refractivity contribution in [3.05, 3.63) is 72.3 Å². The topological polar surface area (TPSA) is 28.7 Å². The largest absolute Gasteiger partial charge is 0.277 e. The summed E-state index contributed by atoms with van der Waals surface area (Å²) in [4.78, 5) is 0. The minimum absolute atomic E-state index is 0.620. The molecule has 2 heteroatoms. The maximum absolute atomic E-state index is 4.47. The number of H-pyrrole nitrogens is 1. The van der Waals surface area contributed by atoms with Crippen molar-refractivity contribution < 1.29 is 0 Å². The lowest BCUT2D eigenvalue weighted by Crippen LogP contribution is -1.97. The Morgan fingerprint density at radius 3 is 2.59 bits per heavy atom. The van der Waals surface area contributed by atoms with Gasteiger partial charge in [-0.2, -0.15) is 5.10 Å². The van der Waals surface area contributed by atoms with Crippen LogP contribution in [-0.2, 0) is 0 Å². The Morgan fingerprint density at radius 1 is 1.00 bits per heavy atom. The number of allylic oxidation sites excluding steroid dienone is 4. The number of nitrogens with one attached hydrogen (secondary N) is 1. The molecule has 22 heavy (non-hydrogen) atoms. The Kier molecular flexibility index (Phi) is 3.15. The summed E-state index contributed by atoms with van der Waals surface area (Å²) in [7, 11) is 0. The lowest BCUT2D eigenvalue weighted by molar-refractivity contribution is 0.749. The van der Waals surface area contributed by atoms with E-state index < -0.39 is 0 Å². The molecule has 2 nitrogen and oxygen atoms in total. The second-order valence-corrected chi connectivity index (χ2v) is 5.95. The SMILES string of the molecule is CC1C=CC=C(c2ccc(-c3n[nH]c4ccccc34)cc2)C1. The zero-order valence-corrected chi connectivity index (χ0v) is 12.6. The van der Waals surface area contributed by atoms with Crippen LogP contribution in [0.15, 0.2) is 66.8 Å². The Hall–Kier alpha value is -2.61. The third-order valence-corrected chi connectivity index (χ3v) is 4.28. The summed E-state index contributed by atoms with van der Waals surface area (Å²) in [5.41, 5.74) is 5.97. The van der Waals surface area contributed by atoms with Crippen LogP contribution in [0, 0.1) is 5.92 Å². The number of nitrogens with zero attached hydrogens (tertiary/aromatic N) is 1. The predicted molar refractivity (Wildman–Crippen MR) is 92.4 cm³/mol. The average molecular weight is 286 g/mol. The van der Waals surface area contributed by atoms with Gasteiger partial charge in [-0.25, -0.2) is 0 Å². The molecule has 1 heterocycles. The van der Waals surface area contributed by atoms with Gasteiger partial charge in [0.2, 0.25) is 0 Å². The highest BCUT2D eigenvalue weighted by Crippen LogP contribution is 2.30. The summed E-state index contributed by atoms with van der Waals surface area (Å²) >= 11 is 0. The molecule has 1 aliphatic rings. The summed E-state index contributed by atoms with van der Waals surface area (Å²) < 4.78 is 0. The number of fused-ring (bicyclic) bond motifs is 1. The summed E-state index contributed by atoms with van der Waals surface area (Å²) in [5, 5.41) is 8.74. The van der Waals surface area contributed by atoms with Crippen molar-refractivity contribution in [2.75, 3.05) is 0 Å². The summed E-state index contributed by atoms with van der Waals surface area (Å²) in [6.07, 6.45) is 7.76. The van der Waals surface area contributed by atoms with Gasteiger partial charge >= 0.3 is 0 Å². The standard InChI is InChI=1S/C20H18N2/c1-14-5-4-6-17(13-14)15-9-11-16(12-10-15)20-18-7-2-3-8-19(18)21-22-20/h2-12,14H,13H2,1H3,(H,21,22). The van der Waals surface area contributed by atoms with Crippen molar-refractivity contribution in [3.63, 3.8) is 0 Å². The van der Waals surface area contributed by atoms with Gasteiger partial charge in [-0.05, 0) is 29.5 Å².